The highest BCUT2D eigenvalue weighted by Gasteiger charge is 2.04. The quantitative estimate of drug-likeness (QED) is 0.288. The lowest BCUT2D eigenvalue weighted by molar-refractivity contribution is -0.144. The Morgan fingerprint density at radius 2 is 1.78 bits per heavy atom. The molecule has 0 saturated carbocycles. The van der Waals surface area contributed by atoms with Gasteiger partial charge in [-0.25, -0.2) is 4.79 Å². The normalized spacial score (nSPS) is 12.3. The van der Waals surface area contributed by atoms with Gasteiger partial charge < -0.3 is 19.7 Å². The Morgan fingerprint density at radius 3 is 2.48 bits per heavy atom. The fourth-order valence-electron chi connectivity index (χ4n) is 1.82. The van der Waals surface area contributed by atoms with Crippen LogP contribution in [0, 0.1) is 0 Å². The van der Waals surface area contributed by atoms with E-state index in [1.165, 1.54) is 6.08 Å². The molecule has 0 aromatic heterocycles. The molecule has 6 nitrogen and oxygen atoms in total. The van der Waals surface area contributed by atoms with E-state index in [1.54, 1.807) is 6.08 Å². The molecule has 0 aliphatic heterocycles. The molecule has 0 bridgehead atoms. The van der Waals surface area contributed by atoms with Crippen LogP contribution >= 0.6 is 0 Å². The first-order chi connectivity index (χ1) is 11.1. The molecule has 1 atom stereocenters. The molecule has 0 spiro atoms. The van der Waals surface area contributed by atoms with Crippen LogP contribution in [0.1, 0.15) is 58.3 Å². The lowest BCUT2D eigenvalue weighted by Crippen LogP contribution is -2.21. The van der Waals surface area contributed by atoms with E-state index >= 15 is 0 Å². The average molecular weight is 330 g/mol. The van der Waals surface area contributed by atoms with Crippen molar-refractivity contribution >= 4 is 11.9 Å². The molecule has 0 aromatic carbocycles. The number of allylic oxidation sites excluding steroid dienone is 1. The Morgan fingerprint density at radius 1 is 1.09 bits per heavy atom. The lowest BCUT2D eigenvalue weighted by Gasteiger charge is -2.06. The van der Waals surface area contributed by atoms with Gasteiger partial charge in [0.1, 0.15) is 12.7 Å². The number of ether oxygens (including phenoxy) is 2. The smallest absolute Gasteiger partial charge is 0.330 e. The maximum Gasteiger partial charge on any atom is 0.330 e. The van der Waals surface area contributed by atoms with Crippen LogP contribution in [0.4, 0.5) is 0 Å². The number of carbonyl (C=O) groups excluding carboxylic acids is 2. The third-order valence-corrected chi connectivity index (χ3v) is 3.11. The molecule has 0 rings (SSSR count). The molecule has 0 aliphatic rings. The second-order valence-electron chi connectivity index (χ2n) is 5.40. The van der Waals surface area contributed by atoms with E-state index in [0.29, 0.717) is 13.0 Å². The third kappa shape index (κ3) is 15.3. The standard InChI is InChI=1S/C17H30O6/c1-2-10-16(20)22-12-9-7-5-3-4-6-8-11-17(21)23-14-15(19)13-18/h8,11,15,18-19H,2-7,9-10,12-14H2,1H3/b11-8+. The Hall–Kier alpha value is -1.40. The van der Waals surface area contributed by atoms with Gasteiger partial charge in [0.05, 0.1) is 13.2 Å². The molecular weight excluding hydrogens is 300 g/mol. The molecule has 0 amide bonds. The van der Waals surface area contributed by atoms with Gasteiger partial charge in [-0.1, -0.05) is 32.3 Å². The van der Waals surface area contributed by atoms with Gasteiger partial charge in [-0.05, 0) is 25.7 Å². The van der Waals surface area contributed by atoms with E-state index in [4.69, 9.17) is 19.7 Å². The second kappa shape index (κ2) is 15.5. The molecule has 0 saturated heterocycles. The molecule has 0 aliphatic carbocycles. The van der Waals surface area contributed by atoms with E-state index in [9.17, 15) is 9.59 Å². The molecule has 6 heteroatoms. The molecule has 0 radical (unpaired) electrons. The predicted octanol–water partition coefficient (Wildman–Crippen LogP) is 2.12. The number of hydrogen-bond acceptors (Lipinski definition) is 6. The van der Waals surface area contributed by atoms with E-state index < -0.39 is 18.7 Å². The Bertz CT molecular complexity index is 340. The molecule has 0 heterocycles. The summed E-state index contributed by atoms with van der Waals surface area (Å²) < 4.78 is 9.79. The highest BCUT2D eigenvalue weighted by Crippen LogP contribution is 2.06. The van der Waals surface area contributed by atoms with Crippen LogP contribution in [0.15, 0.2) is 12.2 Å². The minimum absolute atomic E-state index is 0.115. The van der Waals surface area contributed by atoms with Gasteiger partial charge >= 0.3 is 11.9 Å². The molecule has 0 fully saturated rings. The maximum absolute atomic E-state index is 11.2. The largest absolute Gasteiger partial charge is 0.466 e. The van der Waals surface area contributed by atoms with Crippen LogP contribution in [-0.4, -0.2) is 48.1 Å². The average Bonchev–Trinajstić information content (AvgIpc) is 2.54. The van der Waals surface area contributed by atoms with Gasteiger partial charge in [0.2, 0.25) is 0 Å². The minimum Gasteiger partial charge on any atom is -0.466 e. The van der Waals surface area contributed by atoms with E-state index in [-0.39, 0.29) is 12.6 Å². The maximum atomic E-state index is 11.2. The summed E-state index contributed by atoms with van der Waals surface area (Å²) in [5.41, 5.74) is 0. The fourth-order valence-corrected chi connectivity index (χ4v) is 1.82. The summed E-state index contributed by atoms with van der Waals surface area (Å²) in [6, 6.07) is 0. The van der Waals surface area contributed by atoms with Crippen molar-refractivity contribution < 1.29 is 29.3 Å². The van der Waals surface area contributed by atoms with Crippen molar-refractivity contribution in [2.45, 2.75) is 64.4 Å². The first-order valence-corrected chi connectivity index (χ1v) is 8.38. The number of hydrogen-bond donors (Lipinski definition) is 2. The summed E-state index contributed by atoms with van der Waals surface area (Å²) in [6.07, 6.45) is 9.23. The number of carbonyl (C=O) groups is 2. The van der Waals surface area contributed by atoms with E-state index in [0.717, 1.165) is 44.9 Å². The molecule has 2 N–H and O–H groups in total. The van der Waals surface area contributed by atoms with Crippen molar-refractivity contribution in [1.82, 2.24) is 0 Å². The van der Waals surface area contributed by atoms with Crippen molar-refractivity contribution in [3.05, 3.63) is 12.2 Å². The number of rotatable bonds is 14. The Balaban J connectivity index is 3.37. The highest BCUT2D eigenvalue weighted by atomic mass is 16.5. The zero-order valence-corrected chi connectivity index (χ0v) is 14.0. The number of unbranched alkanes of at least 4 members (excludes halogenated alkanes) is 5. The van der Waals surface area contributed by atoms with Crippen molar-refractivity contribution in [3.63, 3.8) is 0 Å². The number of aliphatic hydroxyl groups is 2. The predicted molar refractivity (Wildman–Crippen MR) is 86.8 cm³/mol. The van der Waals surface area contributed by atoms with Gasteiger partial charge in [-0.2, -0.15) is 0 Å². The van der Waals surface area contributed by atoms with E-state index in [2.05, 4.69) is 0 Å². The summed E-state index contributed by atoms with van der Waals surface area (Å²) >= 11 is 0. The first kappa shape index (κ1) is 21.6. The summed E-state index contributed by atoms with van der Waals surface area (Å²) in [5, 5.41) is 17.6. The van der Waals surface area contributed by atoms with Crippen LogP contribution in [0.5, 0.6) is 0 Å². The molecule has 134 valence electrons. The van der Waals surface area contributed by atoms with Crippen molar-refractivity contribution in [1.29, 1.82) is 0 Å². The summed E-state index contributed by atoms with van der Waals surface area (Å²) in [6.45, 7) is 1.84. The summed E-state index contributed by atoms with van der Waals surface area (Å²) in [5.74, 6) is -0.623. The van der Waals surface area contributed by atoms with Crippen molar-refractivity contribution in [3.8, 4) is 0 Å². The molecule has 1 unspecified atom stereocenters. The monoisotopic (exact) mass is 330 g/mol. The third-order valence-electron chi connectivity index (χ3n) is 3.11. The SMILES string of the molecule is CCCC(=O)OCCCCCCC/C=C/C(=O)OCC(O)CO. The van der Waals surface area contributed by atoms with E-state index in [1.807, 2.05) is 6.92 Å². The Labute approximate surface area is 138 Å². The number of aliphatic hydroxyl groups excluding tert-OH is 2. The van der Waals surface area contributed by atoms with Crippen LogP contribution in [0.3, 0.4) is 0 Å². The molecular formula is C17H30O6. The van der Waals surface area contributed by atoms with Crippen LogP contribution < -0.4 is 0 Å². The molecule has 23 heavy (non-hydrogen) atoms. The summed E-state index contributed by atoms with van der Waals surface area (Å²) in [7, 11) is 0. The van der Waals surface area contributed by atoms with Gasteiger partial charge in [0.25, 0.3) is 0 Å². The topological polar surface area (TPSA) is 93.1 Å². The minimum atomic E-state index is -1.02. The zero-order chi connectivity index (χ0) is 17.3. The van der Waals surface area contributed by atoms with Crippen LogP contribution in [0.2, 0.25) is 0 Å². The van der Waals surface area contributed by atoms with Crippen molar-refractivity contribution in [2.75, 3.05) is 19.8 Å². The van der Waals surface area contributed by atoms with Gasteiger partial charge in [0.15, 0.2) is 0 Å². The van der Waals surface area contributed by atoms with Crippen LogP contribution in [-0.2, 0) is 19.1 Å². The van der Waals surface area contributed by atoms with Gasteiger partial charge in [-0.3, -0.25) is 4.79 Å². The van der Waals surface area contributed by atoms with Crippen molar-refractivity contribution in [2.24, 2.45) is 0 Å². The van der Waals surface area contributed by atoms with Gasteiger partial charge in [0, 0.05) is 12.5 Å². The molecule has 0 aromatic rings. The van der Waals surface area contributed by atoms with Gasteiger partial charge in [-0.15, -0.1) is 0 Å². The Kier molecular flexibility index (Phi) is 14.6. The highest BCUT2D eigenvalue weighted by molar-refractivity contribution is 5.81. The fraction of sp³-hybridized carbons (Fsp3) is 0.765. The number of esters is 2. The first-order valence-electron chi connectivity index (χ1n) is 8.38. The second-order valence-corrected chi connectivity index (χ2v) is 5.40. The lowest BCUT2D eigenvalue weighted by atomic mass is 10.1. The summed E-state index contributed by atoms with van der Waals surface area (Å²) in [4.78, 5) is 22.3. The zero-order valence-electron chi connectivity index (χ0n) is 14.0. The van der Waals surface area contributed by atoms with Crippen LogP contribution in [0.25, 0.3) is 0 Å².